The molecule has 5 heteroatoms. The van der Waals surface area contributed by atoms with Crippen molar-refractivity contribution in [2.24, 2.45) is 5.92 Å². The number of aliphatic carboxylic acids is 1. The second kappa shape index (κ2) is 7.59. The monoisotopic (exact) mass is 356 g/mol. The summed E-state index contributed by atoms with van der Waals surface area (Å²) in [4.78, 5) is 24.4. The molecule has 1 atom stereocenters. The van der Waals surface area contributed by atoms with Crippen LogP contribution in [-0.4, -0.2) is 23.7 Å². The standard InChI is InChI=1S/C16H21BrO4/c1-4-21-15(20)16(14(18)19,9-8-11(2)3)12-6-5-7-13(17)10-12/h5-7,10-11H,4,8-9H2,1-3H3,(H,18,19). The average Bonchev–Trinajstić information content (AvgIpc) is 2.39. The van der Waals surface area contributed by atoms with Gasteiger partial charge in [-0.3, -0.25) is 9.59 Å². The summed E-state index contributed by atoms with van der Waals surface area (Å²) in [7, 11) is 0. The molecule has 0 radical (unpaired) electrons. The minimum atomic E-state index is -1.65. The molecular weight excluding hydrogens is 336 g/mol. The summed E-state index contributed by atoms with van der Waals surface area (Å²) in [5.41, 5.74) is -1.20. The second-order valence-electron chi connectivity index (χ2n) is 5.37. The molecule has 116 valence electrons. The Morgan fingerprint density at radius 1 is 1.38 bits per heavy atom. The summed E-state index contributed by atoms with van der Waals surface area (Å²) in [6, 6.07) is 6.86. The number of hydrogen-bond acceptors (Lipinski definition) is 3. The highest BCUT2D eigenvalue weighted by molar-refractivity contribution is 9.10. The van der Waals surface area contributed by atoms with Gasteiger partial charge in [-0.05, 0) is 43.4 Å². The van der Waals surface area contributed by atoms with E-state index in [1.165, 1.54) is 0 Å². The highest BCUT2D eigenvalue weighted by Crippen LogP contribution is 2.34. The zero-order chi connectivity index (χ0) is 16.0. The maximum atomic E-state index is 12.4. The number of halogens is 1. The van der Waals surface area contributed by atoms with Gasteiger partial charge in [0.05, 0.1) is 6.61 Å². The van der Waals surface area contributed by atoms with Gasteiger partial charge >= 0.3 is 11.9 Å². The Kier molecular flexibility index (Phi) is 6.40. The summed E-state index contributed by atoms with van der Waals surface area (Å²) in [6.07, 6.45) is 0.840. The van der Waals surface area contributed by atoms with Crippen molar-refractivity contribution in [2.45, 2.75) is 39.0 Å². The first-order chi connectivity index (χ1) is 9.84. The van der Waals surface area contributed by atoms with Crippen LogP contribution >= 0.6 is 15.9 Å². The van der Waals surface area contributed by atoms with E-state index < -0.39 is 17.4 Å². The number of hydrogen-bond donors (Lipinski definition) is 1. The number of carboxylic acid groups (broad SMARTS) is 1. The minimum absolute atomic E-state index is 0.156. The Hall–Kier alpha value is -1.36. The number of carbonyl (C=O) groups is 2. The van der Waals surface area contributed by atoms with Gasteiger partial charge in [-0.1, -0.05) is 41.9 Å². The fraction of sp³-hybridized carbons (Fsp3) is 0.500. The number of ether oxygens (including phenoxy) is 1. The first-order valence-corrected chi connectivity index (χ1v) is 7.80. The van der Waals surface area contributed by atoms with E-state index in [-0.39, 0.29) is 13.0 Å². The van der Waals surface area contributed by atoms with Crippen molar-refractivity contribution < 1.29 is 19.4 Å². The van der Waals surface area contributed by atoms with E-state index in [1.807, 2.05) is 13.8 Å². The molecule has 0 aliphatic rings. The van der Waals surface area contributed by atoms with Crippen LogP contribution in [0.3, 0.4) is 0 Å². The molecule has 0 amide bonds. The number of carboxylic acids is 1. The van der Waals surface area contributed by atoms with Crippen LogP contribution in [0.15, 0.2) is 28.7 Å². The van der Waals surface area contributed by atoms with E-state index in [9.17, 15) is 14.7 Å². The molecule has 1 unspecified atom stereocenters. The zero-order valence-electron chi connectivity index (χ0n) is 12.6. The SMILES string of the molecule is CCOC(=O)C(CCC(C)C)(C(=O)O)c1cccc(Br)c1. The Labute approximate surface area is 133 Å². The molecule has 0 bridgehead atoms. The maximum absolute atomic E-state index is 12.4. The van der Waals surface area contributed by atoms with Crippen molar-refractivity contribution in [1.29, 1.82) is 0 Å². The minimum Gasteiger partial charge on any atom is -0.480 e. The van der Waals surface area contributed by atoms with Crippen molar-refractivity contribution in [3.05, 3.63) is 34.3 Å². The topological polar surface area (TPSA) is 63.6 Å². The summed E-state index contributed by atoms with van der Waals surface area (Å²) in [6.45, 7) is 5.83. The molecular formula is C16H21BrO4. The fourth-order valence-corrected chi connectivity index (χ4v) is 2.59. The molecule has 0 fully saturated rings. The lowest BCUT2D eigenvalue weighted by Gasteiger charge is -2.28. The number of benzene rings is 1. The van der Waals surface area contributed by atoms with Crippen molar-refractivity contribution in [3.8, 4) is 0 Å². The molecule has 0 heterocycles. The van der Waals surface area contributed by atoms with E-state index in [2.05, 4.69) is 15.9 Å². The predicted octanol–water partition coefficient (Wildman–Crippen LogP) is 3.77. The van der Waals surface area contributed by atoms with Gasteiger partial charge in [0.25, 0.3) is 0 Å². The lowest BCUT2D eigenvalue weighted by molar-refractivity contribution is -0.162. The molecule has 0 aliphatic carbocycles. The first kappa shape index (κ1) is 17.7. The molecule has 0 aliphatic heterocycles. The van der Waals surface area contributed by atoms with Crippen LogP contribution in [0.4, 0.5) is 0 Å². The Morgan fingerprint density at radius 2 is 2.05 bits per heavy atom. The summed E-state index contributed by atoms with van der Waals surface area (Å²) >= 11 is 3.33. The third kappa shape index (κ3) is 4.06. The smallest absolute Gasteiger partial charge is 0.328 e. The van der Waals surface area contributed by atoms with E-state index in [4.69, 9.17) is 4.74 Å². The molecule has 1 aromatic rings. The van der Waals surface area contributed by atoms with Crippen LogP contribution in [0.5, 0.6) is 0 Å². The van der Waals surface area contributed by atoms with Crippen molar-refractivity contribution in [2.75, 3.05) is 6.61 Å². The quantitative estimate of drug-likeness (QED) is 0.596. The van der Waals surface area contributed by atoms with Gasteiger partial charge in [0.1, 0.15) is 0 Å². The fourth-order valence-electron chi connectivity index (χ4n) is 2.20. The number of esters is 1. The molecule has 1 aromatic carbocycles. The maximum Gasteiger partial charge on any atom is 0.328 e. The molecule has 1 N–H and O–H groups in total. The van der Waals surface area contributed by atoms with Crippen LogP contribution in [0.25, 0.3) is 0 Å². The van der Waals surface area contributed by atoms with Crippen molar-refractivity contribution in [1.82, 2.24) is 0 Å². The van der Waals surface area contributed by atoms with Crippen LogP contribution in [0.2, 0.25) is 0 Å². The molecule has 1 rings (SSSR count). The van der Waals surface area contributed by atoms with Crippen LogP contribution in [0.1, 0.15) is 39.2 Å². The van der Waals surface area contributed by atoms with Crippen molar-refractivity contribution in [3.63, 3.8) is 0 Å². The van der Waals surface area contributed by atoms with Crippen molar-refractivity contribution >= 4 is 27.9 Å². The van der Waals surface area contributed by atoms with E-state index in [1.54, 1.807) is 31.2 Å². The largest absolute Gasteiger partial charge is 0.480 e. The third-order valence-electron chi connectivity index (χ3n) is 3.40. The molecule has 0 aromatic heterocycles. The van der Waals surface area contributed by atoms with E-state index >= 15 is 0 Å². The molecule has 0 saturated heterocycles. The highest BCUT2D eigenvalue weighted by Gasteiger charge is 2.49. The van der Waals surface area contributed by atoms with Crippen LogP contribution < -0.4 is 0 Å². The molecule has 21 heavy (non-hydrogen) atoms. The lowest BCUT2D eigenvalue weighted by atomic mass is 9.75. The lowest BCUT2D eigenvalue weighted by Crippen LogP contribution is -2.45. The zero-order valence-corrected chi connectivity index (χ0v) is 14.1. The summed E-state index contributed by atoms with van der Waals surface area (Å²) in [5.74, 6) is -1.57. The van der Waals surface area contributed by atoms with Gasteiger partial charge in [-0.2, -0.15) is 0 Å². The third-order valence-corrected chi connectivity index (χ3v) is 3.90. The van der Waals surface area contributed by atoms with Gasteiger partial charge in [-0.15, -0.1) is 0 Å². The number of rotatable bonds is 7. The molecule has 0 saturated carbocycles. The molecule has 4 nitrogen and oxygen atoms in total. The van der Waals surface area contributed by atoms with Crippen LogP contribution in [-0.2, 0) is 19.7 Å². The Morgan fingerprint density at radius 3 is 2.52 bits per heavy atom. The van der Waals surface area contributed by atoms with Gasteiger partial charge < -0.3 is 9.84 Å². The van der Waals surface area contributed by atoms with Crippen LogP contribution in [0, 0.1) is 5.92 Å². The van der Waals surface area contributed by atoms with Gasteiger partial charge in [-0.25, -0.2) is 0 Å². The Bertz CT molecular complexity index is 513. The summed E-state index contributed by atoms with van der Waals surface area (Å²) < 4.78 is 5.80. The van der Waals surface area contributed by atoms with E-state index in [0.717, 1.165) is 4.47 Å². The van der Waals surface area contributed by atoms with E-state index in [0.29, 0.717) is 17.9 Å². The number of carbonyl (C=O) groups excluding carboxylic acids is 1. The average molecular weight is 357 g/mol. The normalized spacial score (nSPS) is 13.8. The van der Waals surface area contributed by atoms with Gasteiger partial charge in [0.15, 0.2) is 5.41 Å². The van der Waals surface area contributed by atoms with Gasteiger partial charge in [0.2, 0.25) is 0 Å². The predicted molar refractivity (Wildman–Crippen MR) is 84.2 cm³/mol. The summed E-state index contributed by atoms with van der Waals surface area (Å²) in [5, 5.41) is 9.76. The molecule has 0 spiro atoms. The highest BCUT2D eigenvalue weighted by atomic mass is 79.9. The Balaban J connectivity index is 3.36. The first-order valence-electron chi connectivity index (χ1n) is 7.01. The van der Waals surface area contributed by atoms with Gasteiger partial charge in [0, 0.05) is 4.47 Å². The second-order valence-corrected chi connectivity index (χ2v) is 6.29.